The van der Waals surface area contributed by atoms with Gasteiger partial charge in [0.05, 0.1) is 18.4 Å². The fraction of sp³-hybridized carbons (Fsp3) is 0.176. The summed E-state index contributed by atoms with van der Waals surface area (Å²) in [4.78, 5) is 23.6. The molecule has 0 radical (unpaired) electrons. The van der Waals surface area contributed by atoms with Gasteiger partial charge < -0.3 is 15.2 Å². The summed E-state index contributed by atoms with van der Waals surface area (Å²) in [6.07, 6.45) is 4.63. The van der Waals surface area contributed by atoms with Gasteiger partial charge in [-0.05, 0) is 48.7 Å². The maximum Gasteiger partial charge on any atom is 0.337 e. The van der Waals surface area contributed by atoms with Gasteiger partial charge in [0.15, 0.2) is 0 Å². The standard InChI is InChI=1S/C17H18BrNO4/c1-4-14(17(21)22)15(10-5-11(2)18)19-16(20)12-6-8-13(23-3)9-7-12/h4-10H,1-3H3,(H,19,20)(H,21,22)/b11-5+,14-4+,15-10+. The van der Waals surface area contributed by atoms with Crippen LogP contribution in [0.2, 0.25) is 0 Å². The minimum Gasteiger partial charge on any atom is -0.497 e. The van der Waals surface area contributed by atoms with Gasteiger partial charge in [-0.1, -0.05) is 28.1 Å². The summed E-state index contributed by atoms with van der Waals surface area (Å²) in [5.74, 6) is -0.885. The minimum absolute atomic E-state index is 0.0110. The van der Waals surface area contributed by atoms with Gasteiger partial charge >= 0.3 is 5.97 Å². The topological polar surface area (TPSA) is 75.6 Å². The third-order valence-corrected chi connectivity index (χ3v) is 3.15. The van der Waals surface area contributed by atoms with E-state index in [9.17, 15) is 14.7 Å². The van der Waals surface area contributed by atoms with Gasteiger partial charge in [0.2, 0.25) is 0 Å². The van der Waals surface area contributed by atoms with E-state index >= 15 is 0 Å². The van der Waals surface area contributed by atoms with Gasteiger partial charge in [-0.2, -0.15) is 0 Å². The molecule has 0 unspecified atom stereocenters. The second kappa shape index (κ2) is 8.95. The molecule has 0 heterocycles. The molecule has 1 aromatic rings. The van der Waals surface area contributed by atoms with E-state index in [4.69, 9.17) is 4.74 Å². The molecule has 23 heavy (non-hydrogen) atoms. The van der Waals surface area contributed by atoms with Crippen molar-refractivity contribution in [1.82, 2.24) is 5.32 Å². The van der Waals surface area contributed by atoms with Crippen LogP contribution in [0.1, 0.15) is 24.2 Å². The first-order chi connectivity index (χ1) is 10.9. The Kier molecular flexibility index (Phi) is 7.28. The van der Waals surface area contributed by atoms with Crippen LogP contribution in [-0.4, -0.2) is 24.1 Å². The lowest BCUT2D eigenvalue weighted by atomic mass is 10.1. The lowest BCUT2D eigenvalue weighted by molar-refractivity contribution is -0.132. The Bertz CT molecular complexity index is 668. The van der Waals surface area contributed by atoms with E-state index in [1.165, 1.54) is 19.3 Å². The van der Waals surface area contributed by atoms with Crippen molar-refractivity contribution in [2.24, 2.45) is 0 Å². The Morgan fingerprint density at radius 2 is 1.83 bits per heavy atom. The number of ether oxygens (including phenoxy) is 1. The molecule has 0 aliphatic rings. The van der Waals surface area contributed by atoms with Crippen molar-refractivity contribution in [2.45, 2.75) is 13.8 Å². The number of benzene rings is 1. The van der Waals surface area contributed by atoms with Crippen LogP contribution in [0.25, 0.3) is 0 Å². The van der Waals surface area contributed by atoms with Gasteiger partial charge in [0.25, 0.3) is 5.91 Å². The zero-order valence-electron chi connectivity index (χ0n) is 13.1. The molecule has 0 aliphatic heterocycles. The number of aliphatic carboxylic acids is 1. The van der Waals surface area contributed by atoms with Crippen molar-refractivity contribution in [3.8, 4) is 5.75 Å². The molecule has 1 rings (SSSR count). The van der Waals surface area contributed by atoms with E-state index in [2.05, 4.69) is 21.2 Å². The van der Waals surface area contributed by atoms with Crippen LogP contribution in [-0.2, 0) is 4.79 Å². The Morgan fingerprint density at radius 1 is 1.22 bits per heavy atom. The van der Waals surface area contributed by atoms with Crippen LogP contribution in [0.3, 0.4) is 0 Å². The second-order valence-electron chi connectivity index (χ2n) is 4.52. The molecule has 0 saturated carbocycles. The van der Waals surface area contributed by atoms with Crippen molar-refractivity contribution >= 4 is 27.8 Å². The summed E-state index contributed by atoms with van der Waals surface area (Å²) in [6, 6.07) is 6.53. The number of carbonyl (C=O) groups is 2. The molecule has 0 saturated heterocycles. The predicted octanol–water partition coefficient (Wildman–Crippen LogP) is 3.64. The summed E-state index contributed by atoms with van der Waals surface area (Å²) in [7, 11) is 1.54. The third kappa shape index (κ3) is 5.75. The number of carboxylic acid groups (broad SMARTS) is 1. The molecule has 2 N–H and O–H groups in total. The first kappa shape index (κ1) is 18.7. The minimum atomic E-state index is -1.12. The number of amides is 1. The van der Waals surface area contributed by atoms with Gasteiger partial charge in [0, 0.05) is 5.56 Å². The number of halogens is 1. The second-order valence-corrected chi connectivity index (χ2v) is 5.77. The molecule has 5 nitrogen and oxygen atoms in total. The number of nitrogens with one attached hydrogen (secondary N) is 1. The average Bonchev–Trinajstić information content (AvgIpc) is 2.52. The molecule has 0 aliphatic carbocycles. The normalized spacial score (nSPS) is 12.8. The van der Waals surface area contributed by atoms with Gasteiger partial charge in [-0.15, -0.1) is 0 Å². The number of rotatable bonds is 6. The molecule has 0 spiro atoms. The lowest BCUT2D eigenvalue weighted by Gasteiger charge is -2.10. The van der Waals surface area contributed by atoms with E-state index in [-0.39, 0.29) is 11.3 Å². The van der Waals surface area contributed by atoms with Gasteiger partial charge in [-0.25, -0.2) is 4.79 Å². The highest BCUT2D eigenvalue weighted by Gasteiger charge is 2.15. The first-order valence-electron chi connectivity index (χ1n) is 6.78. The third-order valence-electron chi connectivity index (χ3n) is 2.89. The Labute approximate surface area is 143 Å². The maximum atomic E-state index is 12.3. The van der Waals surface area contributed by atoms with E-state index in [0.717, 1.165) is 4.48 Å². The lowest BCUT2D eigenvalue weighted by Crippen LogP contribution is -2.26. The van der Waals surface area contributed by atoms with Crippen LogP contribution in [0.5, 0.6) is 5.75 Å². The summed E-state index contributed by atoms with van der Waals surface area (Å²) >= 11 is 3.26. The number of hydrogen-bond donors (Lipinski definition) is 2. The largest absolute Gasteiger partial charge is 0.497 e. The molecule has 0 fully saturated rings. The summed E-state index contributed by atoms with van der Waals surface area (Å²) < 4.78 is 5.84. The number of allylic oxidation sites excluding steroid dienone is 4. The van der Waals surface area contributed by atoms with Crippen LogP contribution in [0.4, 0.5) is 0 Å². The van der Waals surface area contributed by atoms with Crippen LogP contribution >= 0.6 is 15.9 Å². The van der Waals surface area contributed by atoms with Gasteiger partial charge in [0.1, 0.15) is 5.75 Å². The Balaban J connectivity index is 3.09. The van der Waals surface area contributed by atoms with E-state index < -0.39 is 11.9 Å². The molecule has 0 aromatic heterocycles. The molecular formula is C17H18BrNO4. The van der Waals surface area contributed by atoms with Crippen LogP contribution in [0.15, 0.2) is 58.2 Å². The van der Waals surface area contributed by atoms with Crippen molar-refractivity contribution in [3.05, 3.63) is 63.8 Å². The number of methoxy groups -OCH3 is 1. The number of carbonyl (C=O) groups excluding carboxylic acids is 1. The molecule has 0 bridgehead atoms. The highest BCUT2D eigenvalue weighted by atomic mass is 79.9. The number of hydrogen-bond acceptors (Lipinski definition) is 3. The zero-order valence-corrected chi connectivity index (χ0v) is 14.7. The fourth-order valence-electron chi connectivity index (χ4n) is 1.73. The van der Waals surface area contributed by atoms with Crippen molar-refractivity contribution < 1.29 is 19.4 Å². The average molecular weight is 380 g/mol. The van der Waals surface area contributed by atoms with Crippen LogP contribution in [0, 0.1) is 0 Å². The maximum absolute atomic E-state index is 12.3. The highest BCUT2D eigenvalue weighted by Crippen LogP contribution is 2.14. The van der Waals surface area contributed by atoms with Crippen molar-refractivity contribution in [1.29, 1.82) is 0 Å². The highest BCUT2D eigenvalue weighted by molar-refractivity contribution is 9.11. The Morgan fingerprint density at radius 3 is 2.26 bits per heavy atom. The fourth-order valence-corrected chi connectivity index (χ4v) is 1.86. The molecule has 1 amide bonds. The van der Waals surface area contributed by atoms with Gasteiger partial charge in [-0.3, -0.25) is 4.79 Å². The zero-order chi connectivity index (χ0) is 17.4. The Hall–Kier alpha value is -2.34. The first-order valence-corrected chi connectivity index (χ1v) is 7.57. The van der Waals surface area contributed by atoms with E-state index in [1.54, 1.807) is 44.2 Å². The monoisotopic (exact) mass is 379 g/mol. The van der Waals surface area contributed by atoms with Crippen molar-refractivity contribution in [3.63, 3.8) is 0 Å². The SMILES string of the molecule is C\C=C(C(=O)O)/C(=C\C=C(/C)Br)NC(=O)c1ccc(OC)cc1. The number of carboxylic acids is 1. The summed E-state index contributed by atoms with van der Waals surface area (Å²) in [5, 5.41) is 11.9. The molecule has 1 aromatic carbocycles. The quantitative estimate of drug-likeness (QED) is 0.584. The molecule has 0 atom stereocenters. The smallest absolute Gasteiger partial charge is 0.337 e. The summed E-state index contributed by atoms with van der Waals surface area (Å²) in [5.41, 5.74) is 0.619. The molecule has 122 valence electrons. The molecule has 6 heteroatoms. The van der Waals surface area contributed by atoms with E-state index in [1.807, 2.05) is 0 Å². The summed E-state index contributed by atoms with van der Waals surface area (Å²) in [6.45, 7) is 3.40. The van der Waals surface area contributed by atoms with Crippen LogP contribution < -0.4 is 10.1 Å². The molecular weight excluding hydrogens is 362 g/mol. The van der Waals surface area contributed by atoms with E-state index in [0.29, 0.717) is 11.3 Å². The van der Waals surface area contributed by atoms with Crippen molar-refractivity contribution in [2.75, 3.05) is 7.11 Å². The predicted molar refractivity (Wildman–Crippen MR) is 92.6 cm³/mol.